The van der Waals surface area contributed by atoms with E-state index in [2.05, 4.69) is 20.7 Å². The second-order valence-corrected chi connectivity index (χ2v) is 9.22. The van der Waals surface area contributed by atoms with Crippen LogP contribution in [0.25, 0.3) is 17.1 Å². The number of esters is 1. The highest BCUT2D eigenvalue weighted by Gasteiger charge is 2.18. The van der Waals surface area contributed by atoms with Gasteiger partial charge in [-0.15, -0.1) is 10.2 Å². The Kier molecular flexibility index (Phi) is 8.95. The quantitative estimate of drug-likeness (QED) is 0.102. The number of thioether (sulfide) groups is 1. The van der Waals surface area contributed by atoms with Gasteiger partial charge in [-0.05, 0) is 31.2 Å². The number of hydrogen-bond donors (Lipinski definition) is 1. The number of carbonyl (C=O) groups is 2. The fraction of sp³-hybridized carbons (Fsp3) is 0.179. The van der Waals surface area contributed by atoms with E-state index in [-0.39, 0.29) is 28.9 Å². The zero-order chi connectivity index (χ0) is 27.8. The maximum absolute atomic E-state index is 12.6. The van der Waals surface area contributed by atoms with Crippen LogP contribution in [0.5, 0.6) is 17.2 Å². The van der Waals surface area contributed by atoms with Crippen molar-refractivity contribution in [2.45, 2.75) is 19.0 Å². The van der Waals surface area contributed by atoms with Crippen LogP contribution in [0.3, 0.4) is 0 Å². The van der Waals surface area contributed by atoms with Crippen molar-refractivity contribution in [2.24, 2.45) is 5.10 Å². The molecule has 10 nitrogen and oxygen atoms in total. The summed E-state index contributed by atoms with van der Waals surface area (Å²) in [6, 6.07) is 21.0. The fourth-order valence-electron chi connectivity index (χ4n) is 3.62. The number of rotatable bonds is 10. The Balaban J connectivity index is 1.47. The van der Waals surface area contributed by atoms with Gasteiger partial charge in [-0.2, -0.15) is 5.10 Å². The third kappa shape index (κ3) is 6.82. The van der Waals surface area contributed by atoms with Crippen LogP contribution >= 0.6 is 11.8 Å². The van der Waals surface area contributed by atoms with E-state index in [0.29, 0.717) is 16.5 Å². The average Bonchev–Trinajstić information content (AvgIpc) is 3.37. The van der Waals surface area contributed by atoms with Crippen molar-refractivity contribution in [3.8, 4) is 34.3 Å². The summed E-state index contributed by atoms with van der Waals surface area (Å²) in [5.74, 6) is 0.654. The van der Waals surface area contributed by atoms with E-state index in [1.807, 2.05) is 66.1 Å². The maximum Gasteiger partial charge on any atom is 0.308 e. The molecule has 11 heteroatoms. The summed E-state index contributed by atoms with van der Waals surface area (Å²) < 4.78 is 17.7. The van der Waals surface area contributed by atoms with Crippen LogP contribution < -0.4 is 19.6 Å². The van der Waals surface area contributed by atoms with Crippen molar-refractivity contribution < 1.29 is 23.8 Å². The first-order chi connectivity index (χ1) is 18.9. The van der Waals surface area contributed by atoms with E-state index < -0.39 is 5.97 Å². The molecule has 1 N–H and O–H groups in total. The largest absolute Gasteiger partial charge is 0.493 e. The molecule has 200 valence electrons. The van der Waals surface area contributed by atoms with Crippen molar-refractivity contribution in [3.05, 3.63) is 77.9 Å². The molecular weight excluding hydrogens is 518 g/mol. The van der Waals surface area contributed by atoms with Gasteiger partial charge in [0.2, 0.25) is 5.75 Å². The van der Waals surface area contributed by atoms with Crippen molar-refractivity contribution >= 4 is 29.9 Å². The minimum absolute atomic E-state index is 0.0637. The third-order valence-electron chi connectivity index (χ3n) is 5.42. The molecule has 0 aliphatic rings. The summed E-state index contributed by atoms with van der Waals surface area (Å²) in [5.41, 5.74) is 6.04. The number of ether oxygens (including phenoxy) is 3. The van der Waals surface area contributed by atoms with E-state index >= 15 is 0 Å². The number of carbonyl (C=O) groups excluding carboxylic acids is 2. The van der Waals surface area contributed by atoms with Crippen molar-refractivity contribution in [1.82, 2.24) is 20.2 Å². The highest BCUT2D eigenvalue weighted by Crippen LogP contribution is 2.38. The molecule has 0 saturated heterocycles. The van der Waals surface area contributed by atoms with Gasteiger partial charge in [-0.1, -0.05) is 59.8 Å². The summed E-state index contributed by atoms with van der Waals surface area (Å²) in [7, 11) is 2.89. The van der Waals surface area contributed by atoms with Crippen LogP contribution in [-0.4, -0.2) is 52.8 Å². The van der Waals surface area contributed by atoms with Gasteiger partial charge in [0.15, 0.2) is 22.5 Å². The number of aromatic nitrogens is 3. The Morgan fingerprint density at radius 1 is 1.00 bits per heavy atom. The molecule has 4 rings (SSSR count). The molecule has 0 radical (unpaired) electrons. The zero-order valence-corrected chi connectivity index (χ0v) is 22.7. The van der Waals surface area contributed by atoms with Crippen LogP contribution in [0.15, 0.2) is 77.0 Å². The number of amides is 1. The highest BCUT2D eigenvalue weighted by atomic mass is 32.2. The molecule has 1 amide bonds. The lowest BCUT2D eigenvalue weighted by Gasteiger charge is -2.13. The molecule has 39 heavy (non-hydrogen) atoms. The summed E-state index contributed by atoms with van der Waals surface area (Å²) >= 11 is 1.25. The number of nitrogens with one attached hydrogen (secondary N) is 1. The van der Waals surface area contributed by atoms with Gasteiger partial charge in [0.25, 0.3) is 5.91 Å². The predicted molar refractivity (Wildman–Crippen MR) is 149 cm³/mol. The van der Waals surface area contributed by atoms with Gasteiger partial charge in [0, 0.05) is 23.7 Å². The Labute approximate surface area is 230 Å². The second kappa shape index (κ2) is 12.7. The zero-order valence-electron chi connectivity index (χ0n) is 21.9. The number of benzene rings is 3. The average molecular weight is 546 g/mol. The van der Waals surface area contributed by atoms with Crippen LogP contribution in [0.4, 0.5) is 0 Å². The summed E-state index contributed by atoms with van der Waals surface area (Å²) in [6.07, 6.45) is 1.44. The van der Waals surface area contributed by atoms with Gasteiger partial charge in [-0.3, -0.25) is 14.2 Å². The van der Waals surface area contributed by atoms with Gasteiger partial charge in [0.1, 0.15) is 0 Å². The Bertz CT molecular complexity index is 1460. The molecule has 0 bridgehead atoms. The molecular formula is C28H27N5O5S. The molecule has 0 unspecified atom stereocenters. The molecule has 0 atom stereocenters. The van der Waals surface area contributed by atoms with Crippen LogP contribution in [0.1, 0.15) is 18.1 Å². The van der Waals surface area contributed by atoms with E-state index in [1.165, 1.54) is 39.1 Å². The standard InChI is InChI=1S/C28H27N5O5S/c1-18-10-12-21(13-11-18)27-31-32-28(33(27)22-8-6-5-7-9-22)39-17-25(35)30-29-16-20-14-23(36-3)26(38-19(2)34)24(15-20)37-4/h5-16H,17H2,1-4H3,(H,30,35)/b29-16+. The van der Waals surface area contributed by atoms with Crippen LogP contribution in [0, 0.1) is 6.92 Å². The number of para-hydroxylation sites is 1. The first kappa shape index (κ1) is 27.4. The summed E-state index contributed by atoms with van der Waals surface area (Å²) in [6.45, 7) is 3.31. The molecule has 0 fully saturated rings. The van der Waals surface area contributed by atoms with Gasteiger partial charge < -0.3 is 14.2 Å². The van der Waals surface area contributed by atoms with Crippen molar-refractivity contribution in [3.63, 3.8) is 0 Å². The number of hydrogen-bond acceptors (Lipinski definition) is 9. The van der Waals surface area contributed by atoms with Crippen molar-refractivity contribution in [2.75, 3.05) is 20.0 Å². The molecule has 0 aliphatic heterocycles. The fourth-order valence-corrected chi connectivity index (χ4v) is 4.37. The normalized spacial score (nSPS) is 10.9. The van der Waals surface area contributed by atoms with Crippen LogP contribution in [0.2, 0.25) is 0 Å². The number of nitrogens with zero attached hydrogens (tertiary/aromatic N) is 4. The molecule has 0 aliphatic carbocycles. The molecule has 0 spiro atoms. The van der Waals surface area contributed by atoms with Gasteiger partial charge in [0.05, 0.1) is 26.2 Å². The first-order valence-electron chi connectivity index (χ1n) is 11.9. The lowest BCUT2D eigenvalue weighted by atomic mass is 10.1. The summed E-state index contributed by atoms with van der Waals surface area (Å²) in [4.78, 5) is 24.0. The van der Waals surface area contributed by atoms with Crippen molar-refractivity contribution in [1.29, 1.82) is 0 Å². The van der Waals surface area contributed by atoms with Crippen LogP contribution in [-0.2, 0) is 9.59 Å². The molecule has 1 aromatic heterocycles. The first-order valence-corrected chi connectivity index (χ1v) is 12.8. The smallest absolute Gasteiger partial charge is 0.308 e. The molecule has 4 aromatic rings. The Morgan fingerprint density at radius 3 is 2.28 bits per heavy atom. The molecule has 1 heterocycles. The lowest BCUT2D eigenvalue weighted by Crippen LogP contribution is -2.20. The Morgan fingerprint density at radius 2 is 1.67 bits per heavy atom. The summed E-state index contributed by atoms with van der Waals surface area (Å²) in [5, 5.41) is 13.4. The van der Waals surface area contributed by atoms with E-state index in [1.54, 1.807) is 12.1 Å². The van der Waals surface area contributed by atoms with E-state index in [0.717, 1.165) is 16.8 Å². The minimum Gasteiger partial charge on any atom is -0.493 e. The van der Waals surface area contributed by atoms with E-state index in [4.69, 9.17) is 14.2 Å². The number of aryl methyl sites for hydroxylation is 1. The van der Waals surface area contributed by atoms with Gasteiger partial charge >= 0.3 is 5.97 Å². The molecule has 3 aromatic carbocycles. The molecule has 0 saturated carbocycles. The van der Waals surface area contributed by atoms with E-state index in [9.17, 15) is 9.59 Å². The van der Waals surface area contributed by atoms with Gasteiger partial charge in [-0.25, -0.2) is 5.43 Å². The predicted octanol–water partition coefficient (Wildman–Crippen LogP) is 4.43. The maximum atomic E-state index is 12.6. The Hall–Kier alpha value is -4.64. The third-order valence-corrected chi connectivity index (χ3v) is 6.35. The number of hydrazone groups is 1. The monoisotopic (exact) mass is 545 g/mol. The minimum atomic E-state index is -0.508. The highest BCUT2D eigenvalue weighted by molar-refractivity contribution is 7.99. The lowest BCUT2D eigenvalue weighted by molar-refractivity contribution is -0.132. The number of methoxy groups -OCH3 is 2. The second-order valence-electron chi connectivity index (χ2n) is 8.27. The topological polar surface area (TPSA) is 117 Å². The SMILES string of the molecule is COc1cc(/C=N/NC(=O)CSc2nnc(-c3ccc(C)cc3)n2-c2ccccc2)cc(OC)c1OC(C)=O.